The number of hydrogen-bond acceptors (Lipinski definition) is 6. The van der Waals surface area contributed by atoms with E-state index in [1.165, 1.54) is 18.5 Å². The molecule has 0 fully saturated rings. The minimum Gasteiger partial charge on any atom is -0.496 e. The number of benzene rings is 2. The van der Waals surface area contributed by atoms with E-state index in [0.717, 1.165) is 11.1 Å². The van der Waals surface area contributed by atoms with E-state index in [0.29, 0.717) is 51.8 Å². The smallest absolute Gasteiger partial charge is 0.251 e. The van der Waals surface area contributed by atoms with Gasteiger partial charge in [-0.3, -0.25) is 4.79 Å². The lowest BCUT2D eigenvalue weighted by molar-refractivity contribution is 0.0996. The van der Waals surface area contributed by atoms with Crippen LogP contribution in [0.15, 0.2) is 36.9 Å². The van der Waals surface area contributed by atoms with Gasteiger partial charge >= 0.3 is 0 Å². The van der Waals surface area contributed by atoms with Gasteiger partial charge in [-0.2, -0.15) is 0 Å². The number of nitrogens with zero attached hydrogens (tertiary/aromatic N) is 3. The van der Waals surface area contributed by atoms with E-state index in [4.69, 9.17) is 22.1 Å². The van der Waals surface area contributed by atoms with Crippen molar-refractivity contribution in [2.45, 2.75) is 13.3 Å². The normalized spacial score (nSPS) is 11.0. The average Bonchev–Trinajstić information content (AvgIpc) is 3.25. The van der Waals surface area contributed by atoms with Crippen molar-refractivity contribution in [2.24, 2.45) is 5.73 Å². The number of amides is 1. The third kappa shape index (κ3) is 3.94. The van der Waals surface area contributed by atoms with Crippen molar-refractivity contribution < 1.29 is 13.9 Å². The molecule has 0 atom stereocenters. The minimum atomic E-state index is -0.827. The first-order valence-corrected chi connectivity index (χ1v) is 10.1. The summed E-state index contributed by atoms with van der Waals surface area (Å²) >= 11 is 6.50. The first kappa shape index (κ1) is 21.5. The molecule has 32 heavy (non-hydrogen) atoms. The summed E-state index contributed by atoms with van der Waals surface area (Å²) in [5.74, 6) is -0.344. The lowest BCUT2D eigenvalue weighted by Crippen LogP contribution is -2.13. The minimum absolute atomic E-state index is 0.175. The number of anilines is 1. The number of primary amides is 1. The van der Waals surface area contributed by atoms with E-state index >= 15 is 0 Å². The van der Waals surface area contributed by atoms with Crippen molar-refractivity contribution >= 4 is 34.5 Å². The fourth-order valence-corrected chi connectivity index (χ4v) is 3.85. The van der Waals surface area contributed by atoms with Gasteiger partial charge in [0, 0.05) is 17.1 Å². The lowest BCUT2D eigenvalue weighted by atomic mass is 9.94. The summed E-state index contributed by atoms with van der Waals surface area (Å²) in [5, 5.41) is 3.77. The zero-order valence-corrected chi connectivity index (χ0v) is 18.1. The molecule has 10 heteroatoms. The number of methoxy groups -OCH3 is 1. The van der Waals surface area contributed by atoms with Crippen LogP contribution in [0.1, 0.15) is 21.5 Å². The number of H-pyrrole nitrogens is 1. The highest BCUT2D eigenvalue weighted by molar-refractivity contribution is 6.32. The number of nitrogens with one attached hydrogen (secondary N) is 2. The third-order valence-electron chi connectivity index (χ3n) is 5.18. The summed E-state index contributed by atoms with van der Waals surface area (Å²) in [6.45, 7) is 2.35. The fraction of sp³-hybridized carbons (Fsp3) is 0.182. The molecular formula is C22H20ClFN6O2. The van der Waals surface area contributed by atoms with Crippen molar-refractivity contribution in [1.82, 2.24) is 19.9 Å². The molecule has 0 saturated heterocycles. The van der Waals surface area contributed by atoms with E-state index in [9.17, 15) is 9.18 Å². The number of aromatic amines is 1. The molecule has 0 aliphatic rings. The van der Waals surface area contributed by atoms with Gasteiger partial charge in [0.2, 0.25) is 0 Å². The number of nitrogens with two attached hydrogens (primary N) is 1. The van der Waals surface area contributed by atoms with Crippen LogP contribution >= 0.6 is 11.6 Å². The summed E-state index contributed by atoms with van der Waals surface area (Å²) < 4.78 is 20.1. The summed E-state index contributed by atoms with van der Waals surface area (Å²) in [6, 6.07) is 6.08. The quantitative estimate of drug-likeness (QED) is 0.390. The van der Waals surface area contributed by atoms with E-state index < -0.39 is 11.7 Å². The van der Waals surface area contributed by atoms with Crippen molar-refractivity contribution in [1.29, 1.82) is 0 Å². The van der Waals surface area contributed by atoms with Gasteiger partial charge in [0.25, 0.3) is 5.91 Å². The van der Waals surface area contributed by atoms with E-state index in [1.54, 1.807) is 19.5 Å². The van der Waals surface area contributed by atoms with Gasteiger partial charge in [0.1, 0.15) is 23.4 Å². The Morgan fingerprint density at radius 1 is 1.28 bits per heavy atom. The maximum absolute atomic E-state index is 14.4. The van der Waals surface area contributed by atoms with E-state index in [1.807, 2.05) is 13.0 Å². The van der Waals surface area contributed by atoms with Crippen LogP contribution in [0.4, 0.5) is 10.2 Å². The molecule has 2 aromatic heterocycles. The van der Waals surface area contributed by atoms with Crippen LogP contribution < -0.4 is 15.8 Å². The topological polar surface area (TPSA) is 119 Å². The van der Waals surface area contributed by atoms with Crippen LogP contribution in [-0.2, 0) is 6.42 Å². The van der Waals surface area contributed by atoms with E-state index in [2.05, 4.69) is 25.3 Å². The Bertz CT molecular complexity index is 1320. The molecule has 2 aromatic carbocycles. The van der Waals surface area contributed by atoms with Gasteiger partial charge < -0.3 is 20.8 Å². The Labute approximate surface area is 188 Å². The van der Waals surface area contributed by atoms with Crippen molar-refractivity contribution in [3.05, 3.63) is 64.5 Å². The van der Waals surface area contributed by atoms with Gasteiger partial charge in [-0.15, -0.1) is 0 Å². The molecule has 4 N–H and O–H groups in total. The molecule has 164 valence electrons. The molecule has 0 saturated carbocycles. The standard InChI is InChI=1S/C22H20ClFN6O2/c1-11-15(23)7-13(5-6-26-21-18-22(28-9-27-18)30-10-29-21)19(32-2)17(11)12-3-4-14(20(25)31)16(24)8-12/h3-4,7-10H,5-6H2,1-2H3,(H2,25,31)(H2,26,27,28,29,30). The lowest BCUT2D eigenvalue weighted by Gasteiger charge is -2.18. The Kier molecular flexibility index (Phi) is 5.91. The summed E-state index contributed by atoms with van der Waals surface area (Å²) in [7, 11) is 1.55. The predicted octanol–water partition coefficient (Wildman–Crippen LogP) is 3.88. The number of imidazole rings is 1. The van der Waals surface area contributed by atoms with Crippen molar-refractivity contribution in [3.63, 3.8) is 0 Å². The first-order valence-electron chi connectivity index (χ1n) is 9.74. The summed E-state index contributed by atoms with van der Waals surface area (Å²) in [5.41, 5.74) is 9.09. The molecule has 0 radical (unpaired) electrons. The third-order valence-corrected chi connectivity index (χ3v) is 5.58. The van der Waals surface area contributed by atoms with Crippen molar-refractivity contribution in [3.8, 4) is 16.9 Å². The molecule has 0 aliphatic carbocycles. The SMILES string of the molecule is COc1c(CCNc2ncnc3[nH]cnc23)cc(Cl)c(C)c1-c1ccc(C(N)=O)c(F)c1. The number of halogens is 2. The predicted molar refractivity (Wildman–Crippen MR) is 121 cm³/mol. The second-order valence-corrected chi connectivity index (χ2v) is 7.52. The Balaban J connectivity index is 1.66. The van der Waals surface area contributed by atoms with Crippen LogP contribution in [0.3, 0.4) is 0 Å². The van der Waals surface area contributed by atoms with Gasteiger partial charge in [-0.25, -0.2) is 19.3 Å². The molecule has 2 heterocycles. The van der Waals surface area contributed by atoms with Gasteiger partial charge in [-0.05, 0) is 48.2 Å². The largest absolute Gasteiger partial charge is 0.496 e. The molecule has 4 rings (SSSR count). The highest BCUT2D eigenvalue weighted by Gasteiger charge is 2.19. The molecule has 0 unspecified atom stereocenters. The van der Waals surface area contributed by atoms with E-state index in [-0.39, 0.29) is 5.56 Å². The maximum Gasteiger partial charge on any atom is 0.251 e. The van der Waals surface area contributed by atoms with Gasteiger partial charge in [0.05, 0.1) is 19.0 Å². The van der Waals surface area contributed by atoms with Crippen LogP contribution in [0.25, 0.3) is 22.3 Å². The zero-order valence-electron chi connectivity index (χ0n) is 17.4. The number of aromatic nitrogens is 4. The monoisotopic (exact) mass is 454 g/mol. The van der Waals surface area contributed by atoms with Crippen LogP contribution in [-0.4, -0.2) is 39.5 Å². The first-order chi connectivity index (χ1) is 15.4. The highest BCUT2D eigenvalue weighted by atomic mass is 35.5. The number of rotatable bonds is 7. The molecule has 0 aliphatic heterocycles. The van der Waals surface area contributed by atoms with Crippen molar-refractivity contribution in [2.75, 3.05) is 19.0 Å². The molecule has 8 nitrogen and oxygen atoms in total. The number of carbonyl (C=O) groups is 1. The molecule has 0 bridgehead atoms. The number of ether oxygens (including phenoxy) is 1. The second kappa shape index (κ2) is 8.80. The number of carbonyl (C=O) groups excluding carboxylic acids is 1. The number of hydrogen-bond donors (Lipinski definition) is 3. The highest BCUT2D eigenvalue weighted by Crippen LogP contribution is 2.40. The van der Waals surface area contributed by atoms with Crippen LogP contribution in [0.5, 0.6) is 5.75 Å². The molecular weight excluding hydrogens is 435 g/mol. The fourth-order valence-electron chi connectivity index (χ4n) is 3.62. The van der Waals surface area contributed by atoms with Gasteiger partial charge in [-0.1, -0.05) is 17.7 Å². The second-order valence-electron chi connectivity index (χ2n) is 7.11. The van der Waals surface area contributed by atoms with Gasteiger partial charge in [0.15, 0.2) is 11.5 Å². The molecule has 4 aromatic rings. The van der Waals surface area contributed by atoms with Crippen LogP contribution in [0.2, 0.25) is 5.02 Å². The average molecular weight is 455 g/mol. The summed E-state index contributed by atoms with van der Waals surface area (Å²) in [6.07, 6.45) is 3.56. The summed E-state index contributed by atoms with van der Waals surface area (Å²) in [4.78, 5) is 26.9. The Hall–Kier alpha value is -3.72. The maximum atomic E-state index is 14.4. The molecule has 1 amide bonds. The van der Waals surface area contributed by atoms with Crippen LogP contribution in [0, 0.1) is 12.7 Å². The zero-order chi connectivity index (χ0) is 22.8. The molecule has 0 spiro atoms. The Morgan fingerprint density at radius 2 is 2.09 bits per heavy atom. The number of fused-ring (bicyclic) bond motifs is 1. The Morgan fingerprint density at radius 3 is 2.81 bits per heavy atom.